The fraction of sp³-hybridized carbons (Fsp3) is 0.944. The zero-order valence-electron chi connectivity index (χ0n) is 15.1. The summed E-state index contributed by atoms with van der Waals surface area (Å²) in [6, 6.07) is 0.806. The van der Waals surface area contributed by atoms with E-state index in [0.29, 0.717) is 6.54 Å². The maximum atomic E-state index is 12.1. The molecule has 0 bridgehead atoms. The van der Waals surface area contributed by atoms with Crippen LogP contribution in [0.15, 0.2) is 0 Å². The molecule has 5 nitrogen and oxygen atoms in total. The number of likely N-dealkylation sites (tertiary alicyclic amines) is 1. The van der Waals surface area contributed by atoms with Crippen LogP contribution < -0.4 is 10.6 Å². The molecule has 2 aliphatic rings. The number of carbonyl (C=O) groups excluding carboxylic acids is 1. The van der Waals surface area contributed by atoms with Crippen LogP contribution in [-0.4, -0.2) is 53.9 Å². The van der Waals surface area contributed by atoms with E-state index in [9.17, 15) is 9.90 Å². The molecule has 2 amide bonds. The first-order valence-corrected chi connectivity index (χ1v) is 9.33. The number of carbonyl (C=O) groups is 1. The number of hydrogen-bond donors (Lipinski definition) is 3. The number of urea groups is 1. The van der Waals surface area contributed by atoms with Crippen LogP contribution >= 0.6 is 0 Å². The number of rotatable bonds is 4. The summed E-state index contributed by atoms with van der Waals surface area (Å²) in [5.74, 6) is 0. The molecule has 134 valence electrons. The Kier molecular flexibility index (Phi) is 6.72. The van der Waals surface area contributed by atoms with Gasteiger partial charge in [0.25, 0.3) is 0 Å². The molecule has 2 rings (SSSR count). The van der Waals surface area contributed by atoms with Gasteiger partial charge in [-0.2, -0.15) is 0 Å². The van der Waals surface area contributed by atoms with Crippen molar-refractivity contribution in [2.75, 3.05) is 19.6 Å². The van der Waals surface area contributed by atoms with Crippen LogP contribution in [-0.2, 0) is 0 Å². The lowest BCUT2D eigenvalue weighted by Gasteiger charge is -2.40. The molecule has 1 aliphatic carbocycles. The van der Waals surface area contributed by atoms with Crippen LogP contribution in [0.1, 0.15) is 65.7 Å². The highest BCUT2D eigenvalue weighted by Crippen LogP contribution is 2.25. The van der Waals surface area contributed by atoms with E-state index >= 15 is 0 Å². The molecule has 3 N–H and O–H groups in total. The molecule has 1 aliphatic heterocycles. The Morgan fingerprint density at radius 2 is 1.87 bits per heavy atom. The first kappa shape index (κ1) is 18.5. The molecule has 0 aromatic heterocycles. The summed E-state index contributed by atoms with van der Waals surface area (Å²) in [5.41, 5.74) is -0.212. The van der Waals surface area contributed by atoms with Crippen molar-refractivity contribution in [3.05, 3.63) is 0 Å². The van der Waals surface area contributed by atoms with Crippen molar-refractivity contribution in [1.82, 2.24) is 15.5 Å². The lowest BCUT2D eigenvalue weighted by Crippen LogP contribution is -2.54. The highest BCUT2D eigenvalue weighted by molar-refractivity contribution is 5.74. The van der Waals surface area contributed by atoms with E-state index in [-0.39, 0.29) is 17.5 Å². The van der Waals surface area contributed by atoms with Gasteiger partial charge in [0.2, 0.25) is 0 Å². The molecule has 1 saturated carbocycles. The van der Waals surface area contributed by atoms with Gasteiger partial charge < -0.3 is 15.7 Å². The second-order valence-electron chi connectivity index (χ2n) is 8.36. The fourth-order valence-corrected chi connectivity index (χ4v) is 3.63. The highest BCUT2D eigenvalue weighted by atomic mass is 16.3. The lowest BCUT2D eigenvalue weighted by molar-refractivity contribution is 0.0644. The fourth-order valence-electron chi connectivity index (χ4n) is 3.63. The van der Waals surface area contributed by atoms with E-state index in [4.69, 9.17) is 0 Å². The Morgan fingerprint density at radius 3 is 2.52 bits per heavy atom. The van der Waals surface area contributed by atoms with Crippen molar-refractivity contribution in [2.24, 2.45) is 5.41 Å². The molecule has 2 fully saturated rings. The standard InChI is InChI=1S/C18H35N3O2/c1-18(2,3)16(22)12-19-17(23)20-14-8-7-11-21(13-14)15-9-5-4-6-10-15/h14-16,22H,4-13H2,1-3H3,(H2,19,20,23). The van der Waals surface area contributed by atoms with Crippen LogP contribution in [0.3, 0.4) is 0 Å². The topological polar surface area (TPSA) is 64.6 Å². The first-order valence-electron chi connectivity index (χ1n) is 9.33. The average molecular weight is 325 g/mol. The predicted octanol–water partition coefficient (Wildman–Crippen LogP) is 2.49. The summed E-state index contributed by atoms with van der Waals surface area (Å²) in [5, 5.41) is 15.9. The number of hydrogen-bond acceptors (Lipinski definition) is 3. The van der Waals surface area contributed by atoms with Gasteiger partial charge >= 0.3 is 6.03 Å². The minimum Gasteiger partial charge on any atom is -0.391 e. The predicted molar refractivity (Wildman–Crippen MR) is 93.5 cm³/mol. The Hall–Kier alpha value is -0.810. The highest BCUT2D eigenvalue weighted by Gasteiger charge is 2.28. The number of aliphatic hydroxyl groups excluding tert-OH is 1. The molecule has 1 heterocycles. The maximum Gasteiger partial charge on any atom is 0.315 e. The Morgan fingerprint density at radius 1 is 1.17 bits per heavy atom. The van der Waals surface area contributed by atoms with Gasteiger partial charge in [-0.3, -0.25) is 4.90 Å². The van der Waals surface area contributed by atoms with Crippen LogP contribution in [0.5, 0.6) is 0 Å². The molecule has 0 radical (unpaired) electrons. The quantitative estimate of drug-likeness (QED) is 0.744. The van der Waals surface area contributed by atoms with E-state index in [1.54, 1.807) is 0 Å². The second kappa shape index (κ2) is 8.34. The molecule has 0 spiro atoms. The third-order valence-electron chi connectivity index (χ3n) is 5.33. The van der Waals surface area contributed by atoms with Crippen LogP contribution in [0.2, 0.25) is 0 Å². The van der Waals surface area contributed by atoms with Crippen molar-refractivity contribution in [3.8, 4) is 0 Å². The van der Waals surface area contributed by atoms with Crippen LogP contribution in [0.4, 0.5) is 4.79 Å². The van der Waals surface area contributed by atoms with Gasteiger partial charge in [-0.15, -0.1) is 0 Å². The van der Waals surface area contributed by atoms with Crippen molar-refractivity contribution < 1.29 is 9.90 Å². The maximum absolute atomic E-state index is 12.1. The normalized spacial score (nSPS) is 25.8. The van der Waals surface area contributed by atoms with Crippen LogP contribution in [0.25, 0.3) is 0 Å². The zero-order valence-corrected chi connectivity index (χ0v) is 15.1. The van der Waals surface area contributed by atoms with Gasteiger partial charge in [-0.05, 0) is 37.6 Å². The third kappa shape index (κ3) is 5.96. The van der Waals surface area contributed by atoms with Crippen LogP contribution in [0, 0.1) is 5.41 Å². The van der Waals surface area contributed by atoms with Gasteiger partial charge in [-0.25, -0.2) is 4.79 Å². The lowest BCUT2D eigenvalue weighted by atomic mass is 9.89. The average Bonchev–Trinajstić information content (AvgIpc) is 2.53. The van der Waals surface area contributed by atoms with Crippen molar-refractivity contribution in [3.63, 3.8) is 0 Å². The summed E-state index contributed by atoms with van der Waals surface area (Å²) in [4.78, 5) is 14.7. The van der Waals surface area contributed by atoms with Gasteiger partial charge in [-0.1, -0.05) is 40.0 Å². The first-order chi connectivity index (χ1) is 10.9. The summed E-state index contributed by atoms with van der Waals surface area (Å²) in [7, 11) is 0. The molecule has 0 aromatic carbocycles. The van der Waals surface area contributed by atoms with E-state index < -0.39 is 6.10 Å². The number of piperidine rings is 1. The second-order valence-corrected chi connectivity index (χ2v) is 8.36. The molecule has 2 unspecified atom stereocenters. The minimum absolute atomic E-state index is 0.149. The van der Waals surface area contributed by atoms with Gasteiger partial charge in [0.15, 0.2) is 0 Å². The Balaban J connectivity index is 1.72. The van der Waals surface area contributed by atoms with E-state index in [0.717, 1.165) is 25.4 Å². The molecule has 1 saturated heterocycles. The molecule has 23 heavy (non-hydrogen) atoms. The molecule has 5 heteroatoms. The van der Waals surface area contributed by atoms with Crippen molar-refractivity contribution >= 4 is 6.03 Å². The summed E-state index contributed by atoms with van der Waals surface area (Å²) < 4.78 is 0. The number of amides is 2. The smallest absolute Gasteiger partial charge is 0.315 e. The minimum atomic E-state index is -0.529. The number of aliphatic hydroxyl groups is 1. The summed E-state index contributed by atoms with van der Waals surface area (Å²) >= 11 is 0. The van der Waals surface area contributed by atoms with Crippen molar-refractivity contribution in [2.45, 2.75) is 83.9 Å². The number of nitrogens with one attached hydrogen (secondary N) is 2. The number of nitrogens with zero attached hydrogens (tertiary/aromatic N) is 1. The summed E-state index contributed by atoms with van der Waals surface area (Å²) in [6.45, 7) is 8.36. The zero-order chi connectivity index (χ0) is 16.9. The van der Waals surface area contributed by atoms with Gasteiger partial charge in [0.1, 0.15) is 0 Å². The Labute approximate surface area is 141 Å². The molecular weight excluding hydrogens is 290 g/mol. The van der Waals surface area contributed by atoms with Gasteiger partial charge in [0, 0.05) is 25.2 Å². The Bertz CT molecular complexity index is 375. The van der Waals surface area contributed by atoms with E-state index in [1.165, 1.54) is 38.6 Å². The van der Waals surface area contributed by atoms with E-state index in [1.807, 2.05) is 20.8 Å². The summed E-state index contributed by atoms with van der Waals surface area (Å²) in [6.07, 6.45) is 8.40. The largest absolute Gasteiger partial charge is 0.391 e. The third-order valence-corrected chi connectivity index (χ3v) is 5.33. The SMILES string of the molecule is CC(C)(C)C(O)CNC(=O)NC1CCCN(C2CCCCC2)C1. The molecule has 0 aromatic rings. The van der Waals surface area contributed by atoms with E-state index in [2.05, 4.69) is 15.5 Å². The molecular formula is C18H35N3O2. The van der Waals surface area contributed by atoms with Crippen molar-refractivity contribution in [1.29, 1.82) is 0 Å². The monoisotopic (exact) mass is 325 g/mol. The van der Waals surface area contributed by atoms with Gasteiger partial charge in [0.05, 0.1) is 6.10 Å². The molecule has 2 atom stereocenters.